The van der Waals surface area contributed by atoms with E-state index in [1.165, 1.54) is 36.2 Å². The molecule has 0 saturated heterocycles. The van der Waals surface area contributed by atoms with Crippen molar-refractivity contribution in [2.75, 3.05) is 17.9 Å². The Balaban J connectivity index is 2.08. The van der Waals surface area contributed by atoms with Crippen LogP contribution >= 0.6 is 39.1 Å². The lowest BCUT2D eigenvalue weighted by Gasteiger charge is -2.32. The molecule has 1 N–H and O–H groups in total. The van der Waals surface area contributed by atoms with E-state index in [0.717, 1.165) is 19.9 Å². The molecule has 7 nitrogen and oxygen atoms in total. The summed E-state index contributed by atoms with van der Waals surface area (Å²) in [5.41, 5.74) is 1.69. The Hall–Kier alpha value is -2.59. The van der Waals surface area contributed by atoms with Gasteiger partial charge in [-0.3, -0.25) is 13.9 Å². The lowest BCUT2D eigenvalue weighted by atomic mass is 10.1. The monoisotopic (exact) mass is 625 g/mol. The van der Waals surface area contributed by atoms with Crippen LogP contribution in [0.2, 0.25) is 10.0 Å². The van der Waals surface area contributed by atoms with Crippen LogP contribution in [0.3, 0.4) is 0 Å². The van der Waals surface area contributed by atoms with Crippen molar-refractivity contribution in [1.82, 2.24) is 10.2 Å². The second-order valence-corrected chi connectivity index (χ2v) is 11.9. The molecule has 3 rings (SSSR count). The van der Waals surface area contributed by atoms with Crippen LogP contribution in [-0.4, -0.2) is 44.8 Å². The van der Waals surface area contributed by atoms with Gasteiger partial charge < -0.3 is 10.2 Å². The molecule has 0 aliphatic heterocycles. The summed E-state index contributed by atoms with van der Waals surface area (Å²) in [5, 5.41) is 2.68. The zero-order chi connectivity index (χ0) is 27.3. The first-order chi connectivity index (χ1) is 17.4. The van der Waals surface area contributed by atoms with E-state index >= 15 is 0 Å². The van der Waals surface area contributed by atoms with Crippen molar-refractivity contribution in [3.63, 3.8) is 0 Å². The van der Waals surface area contributed by atoms with Gasteiger partial charge in [-0.1, -0.05) is 75.0 Å². The van der Waals surface area contributed by atoms with Crippen molar-refractivity contribution in [3.05, 3.63) is 92.4 Å². The number of sulfonamides is 1. The Morgan fingerprint density at radius 2 is 1.68 bits per heavy atom. The number of aryl methyl sites for hydroxylation is 1. The van der Waals surface area contributed by atoms with Gasteiger partial charge >= 0.3 is 0 Å². The zero-order valence-corrected chi connectivity index (χ0v) is 24.3. The van der Waals surface area contributed by atoms with Crippen LogP contribution < -0.4 is 9.62 Å². The van der Waals surface area contributed by atoms with Crippen LogP contribution in [0.5, 0.6) is 0 Å². The molecule has 0 aliphatic carbocycles. The number of amides is 2. The van der Waals surface area contributed by atoms with Crippen LogP contribution in [0.4, 0.5) is 5.69 Å². The molecule has 0 spiro atoms. The molecule has 3 aromatic carbocycles. The summed E-state index contributed by atoms with van der Waals surface area (Å²) in [4.78, 5) is 27.6. The normalized spacial score (nSPS) is 12.1. The van der Waals surface area contributed by atoms with E-state index in [-0.39, 0.29) is 27.2 Å². The Morgan fingerprint density at radius 1 is 1.03 bits per heavy atom. The maximum Gasteiger partial charge on any atom is 0.264 e. The summed E-state index contributed by atoms with van der Waals surface area (Å²) in [5.74, 6) is -0.986. The van der Waals surface area contributed by atoms with Gasteiger partial charge in [-0.2, -0.15) is 0 Å². The summed E-state index contributed by atoms with van der Waals surface area (Å²) >= 11 is 16.0. The van der Waals surface area contributed by atoms with E-state index in [1.807, 2.05) is 31.2 Å². The maximum atomic E-state index is 13.8. The highest BCUT2D eigenvalue weighted by molar-refractivity contribution is 9.10. The van der Waals surface area contributed by atoms with Crippen LogP contribution in [0.15, 0.2) is 76.1 Å². The second-order valence-electron chi connectivity index (χ2n) is 8.34. The molecule has 196 valence electrons. The van der Waals surface area contributed by atoms with Gasteiger partial charge in [-0.05, 0) is 55.8 Å². The van der Waals surface area contributed by atoms with E-state index in [2.05, 4.69) is 21.2 Å². The van der Waals surface area contributed by atoms with Crippen molar-refractivity contribution >= 4 is 66.7 Å². The first kappa shape index (κ1) is 29.0. The molecule has 37 heavy (non-hydrogen) atoms. The largest absolute Gasteiger partial charge is 0.357 e. The van der Waals surface area contributed by atoms with Gasteiger partial charge in [0.05, 0.1) is 20.6 Å². The van der Waals surface area contributed by atoms with E-state index in [9.17, 15) is 18.0 Å². The maximum absolute atomic E-state index is 13.8. The van der Waals surface area contributed by atoms with Crippen LogP contribution in [0.25, 0.3) is 0 Å². The summed E-state index contributed by atoms with van der Waals surface area (Å²) in [7, 11) is -2.76. The Bertz CT molecular complexity index is 1400. The Kier molecular flexibility index (Phi) is 9.63. The number of hydrogen-bond acceptors (Lipinski definition) is 4. The van der Waals surface area contributed by atoms with E-state index in [0.29, 0.717) is 0 Å². The minimum Gasteiger partial charge on any atom is -0.357 e. The van der Waals surface area contributed by atoms with Crippen LogP contribution in [0, 0.1) is 6.92 Å². The number of nitrogens with zero attached hydrogens (tertiary/aromatic N) is 2. The van der Waals surface area contributed by atoms with E-state index in [4.69, 9.17) is 23.2 Å². The van der Waals surface area contributed by atoms with Gasteiger partial charge in [0.25, 0.3) is 10.0 Å². The number of halogens is 3. The highest BCUT2D eigenvalue weighted by Gasteiger charge is 2.33. The smallest absolute Gasteiger partial charge is 0.264 e. The lowest BCUT2D eigenvalue weighted by Crippen LogP contribution is -2.50. The topological polar surface area (TPSA) is 86.8 Å². The Labute approximate surface area is 235 Å². The molecule has 11 heteroatoms. The number of carbonyl (C=O) groups is 2. The van der Waals surface area contributed by atoms with Crippen LogP contribution in [-0.2, 0) is 26.2 Å². The number of rotatable bonds is 9. The number of benzene rings is 3. The quantitative estimate of drug-likeness (QED) is 0.344. The molecule has 0 bridgehead atoms. The molecular formula is C26H26BrCl2N3O4S. The van der Waals surface area contributed by atoms with E-state index < -0.39 is 34.4 Å². The minimum atomic E-state index is -4.24. The number of hydrogen-bond donors (Lipinski definition) is 1. The highest BCUT2D eigenvalue weighted by atomic mass is 79.9. The lowest BCUT2D eigenvalue weighted by molar-refractivity contribution is -0.139. The van der Waals surface area contributed by atoms with Gasteiger partial charge in [0.2, 0.25) is 11.8 Å². The molecule has 1 unspecified atom stereocenters. The third kappa shape index (κ3) is 6.84. The molecule has 0 aromatic heterocycles. The molecular weight excluding hydrogens is 601 g/mol. The molecule has 0 fully saturated rings. The molecule has 0 aliphatic rings. The fourth-order valence-corrected chi connectivity index (χ4v) is 5.98. The van der Waals surface area contributed by atoms with Gasteiger partial charge in [-0.15, -0.1) is 0 Å². The van der Waals surface area contributed by atoms with E-state index in [1.54, 1.807) is 25.1 Å². The van der Waals surface area contributed by atoms with Crippen molar-refractivity contribution in [2.45, 2.75) is 31.3 Å². The minimum absolute atomic E-state index is 0.00876. The third-order valence-corrected chi connectivity index (χ3v) is 8.82. The highest BCUT2D eigenvalue weighted by Crippen LogP contribution is 2.35. The molecule has 0 radical (unpaired) electrons. The fraction of sp³-hybridized carbons (Fsp3) is 0.231. The molecule has 2 amide bonds. The first-order valence-electron chi connectivity index (χ1n) is 11.2. The summed E-state index contributed by atoms with van der Waals surface area (Å²) < 4.78 is 29.3. The fourth-order valence-electron chi connectivity index (χ4n) is 3.66. The van der Waals surface area contributed by atoms with Gasteiger partial charge in [0.1, 0.15) is 12.6 Å². The standard InChI is InChI=1S/C26H26BrCl2N3O4S/c1-17-10-12-21(13-11-17)37(35,36)32(23-9-5-8-22(28)25(23)29)16-24(33)31(18(2)26(34)30-3)15-19-6-4-7-20(27)14-19/h4-14,18H,15-16H2,1-3H3,(H,30,34). The first-order valence-corrected chi connectivity index (χ1v) is 14.2. The average Bonchev–Trinajstić information content (AvgIpc) is 2.87. The number of carbonyl (C=O) groups excluding carboxylic acids is 2. The Morgan fingerprint density at radius 3 is 2.30 bits per heavy atom. The molecule has 0 heterocycles. The van der Waals surface area contributed by atoms with Crippen molar-refractivity contribution in [1.29, 1.82) is 0 Å². The van der Waals surface area contributed by atoms with Gasteiger partial charge in [0.15, 0.2) is 0 Å². The number of likely N-dealkylation sites (N-methyl/N-ethyl adjacent to an activating group) is 1. The third-order valence-electron chi connectivity index (χ3n) is 5.74. The molecule has 1 atom stereocenters. The second kappa shape index (κ2) is 12.3. The zero-order valence-electron chi connectivity index (χ0n) is 20.4. The molecule has 0 saturated carbocycles. The molecule has 3 aromatic rings. The number of anilines is 1. The average molecular weight is 627 g/mol. The van der Waals surface area contributed by atoms with Gasteiger partial charge in [0, 0.05) is 18.1 Å². The SMILES string of the molecule is CNC(=O)C(C)N(Cc1cccc(Br)c1)C(=O)CN(c1cccc(Cl)c1Cl)S(=O)(=O)c1ccc(C)cc1. The predicted molar refractivity (Wildman–Crippen MR) is 150 cm³/mol. The predicted octanol–water partition coefficient (Wildman–Crippen LogP) is 5.42. The number of nitrogens with one attached hydrogen (secondary N) is 1. The van der Waals surface area contributed by atoms with Crippen molar-refractivity contribution < 1.29 is 18.0 Å². The van der Waals surface area contributed by atoms with Crippen molar-refractivity contribution in [2.24, 2.45) is 0 Å². The summed E-state index contributed by atoms with van der Waals surface area (Å²) in [6.45, 7) is 2.89. The van der Waals surface area contributed by atoms with Crippen LogP contribution in [0.1, 0.15) is 18.1 Å². The summed E-state index contributed by atoms with van der Waals surface area (Å²) in [6, 6.07) is 17.2. The summed E-state index contributed by atoms with van der Waals surface area (Å²) in [6.07, 6.45) is 0. The van der Waals surface area contributed by atoms with Gasteiger partial charge in [-0.25, -0.2) is 8.42 Å². The van der Waals surface area contributed by atoms with Crippen molar-refractivity contribution in [3.8, 4) is 0 Å².